The fraction of sp³-hybridized carbons (Fsp3) is 0.0556. The van der Waals surface area contributed by atoms with Crippen LogP contribution in [0.1, 0.15) is 10.4 Å². The van der Waals surface area contributed by atoms with Gasteiger partial charge in [0.15, 0.2) is 12.4 Å². The quantitative estimate of drug-likeness (QED) is 0.468. The van der Waals surface area contributed by atoms with Gasteiger partial charge < -0.3 is 10.1 Å². The Bertz CT molecular complexity index is 754. The fourth-order valence-electron chi connectivity index (χ4n) is 1.75. The van der Waals surface area contributed by atoms with Crippen LogP contribution in [0, 0.1) is 0 Å². The smallest absolute Gasteiger partial charge is 0.331 e. The number of carbonyl (C=O) groups is 3. The molecule has 0 aromatic heterocycles. The molecule has 0 aliphatic heterocycles. The molecule has 0 bridgehead atoms. The zero-order valence-corrected chi connectivity index (χ0v) is 14.2. The van der Waals surface area contributed by atoms with Crippen LogP contribution in [-0.4, -0.2) is 24.3 Å². The molecule has 0 atom stereocenters. The van der Waals surface area contributed by atoms with Crippen LogP contribution in [-0.2, 0) is 14.3 Å². The molecule has 122 valence electrons. The van der Waals surface area contributed by atoms with Crippen molar-refractivity contribution in [3.8, 4) is 0 Å². The SMILES string of the molecule is O=C(/C=C/C(=O)OCC(=O)c1ccc(Br)cc1)Nc1ccccc1. The lowest BCUT2D eigenvalue weighted by Crippen LogP contribution is -2.13. The molecule has 0 spiro atoms. The van der Waals surface area contributed by atoms with Gasteiger partial charge in [0.2, 0.25) is 5.91 Å². The van der Waals surface area contributed by atoms with E-state index in [1.807, 2.05) is 6.07 Å². The Morgan fingerprint density at radius 2 is 1.62 bits per heavy atom. The number of ketones is 1. The molecule has 0 heterocycles. The molecule has 2 rings (SSSR count). The maximum Gasteiger partial charge on any atom is 0.331 e. The minimum Gasteiger partial charge on any atom is -0.454 e. The van der Waals surface area contributed by atoms with Crippen LogP contribution < -0.4 is 5.32 Å². The van der Waals surface area contributed by atoms with Crippen molar-refractivity contribution < 1.29 is 19.1 Å². The lowest BCUT2D eigenvalue weighted by Gasteiger charge is -2.02. The van der Waals surface area contributed by atoms with Gasteiger partial charge in [-0.2, -0.15) is 0 Å². The Hall–Kier alpha value is -2.73. The first-order valence-corrected chi connectivity index (χ1v) is 7.83. The summed E-state index contributed by atoms with van der Waals surface area (Å²) in [5.41, 5.74) is 1.06. The van der Waals surface area contributed by atoms with E-state index in [1.54, 1.807) is 48.5 Å². The summed E-state index contributed by atoms with van der Waals surface area (Å²) in [6, 6.07) is 15.5. The van der Waals surface area contributed by atoms with Crippen LogP contribution in [0.5, 0.6) is 0 Å². The Morgan fingerprint density at radius 1 is 0.958 bits per heavy atom. The van der Waals surface area contributed by atoms with Gasteiger partial charge in [0.25, 0.3) is 0 Å². The zero-order chi connectivity index (χ0) is 17.4. The van der Waals surface area contributed by atoms with Crippen molar-refractivity contribution in [2.24, 2.45) is 0 Å². The van der Waals surface area contributed by atoms with Crippen molar-refractivity contribution in [1.29, 1.82) is 0 Å². The largest absolute Gasteiger partial charge is 0.454 e. The molecule has 5 nitrogen and oxygen atoms in total. The molecular formula is C18H14BrNO4. The third-order valence-corrected chi connectivity index (χ3v) is 3.45. The van der Waals surface area contributed by atoms with Gasteiger partial charge in [0.1, 0.15) is 0 Å². The number of esters is 1. The van der Waals surface area contributed by atoms with E-state index < -0.39 is 11.9 Å². The number of ether oxygens (including phenoxy) is 1. The highest BCUT2D eigenvalue weighted by Gasteiger charge is 2.08. The molecular weight excluding hydrogens is 374 g/mol. The second-order valence-corrected chi connectivity index (χ2v) is 5.64. The molecule has 0 unspecified atom stereocenters. The second-order valence-electron chi connectivity index (χ2n) is 4.73. The third kappa shape index (κ3) is 5.81. The van der Waals surface area contributed by atoms with Gasteiger partial charge in [0, 0.05) is 27.9 Å². The van der Waals surface area contributed by atoms with Gasteiger partial charge in [-0.3, -0.25) is 9.59 Å². The molecule has 0 fully saturated rings. The van der Waals surface area contributed by atoms with E-state index in [9.17, 15) is 14.4 Å². The minimum absolute atomic E-state index is 0.321. The van der Waals surface area contributed by atoms with Crippen molar-refractivity contribution in [1.82, 2.24) is 0 Å². The molecule has 0 aliphatic carbocycles. The number of anilines is 1. The molecule has 6 heteroatoms. The highest BCUT2D eigenvalue weighted by molar-refractivity contribution is 9.10. The Balaban J connectivity index is 1.79. The first-order valence-electron chi connectivity index (χ1n) is 7.04. The Kier molecular flexibility index (Phi) is 6.45. The van der Waals surface area contributed by atoms with E-state index >= 15 is 0 Å². The number of benzene rings is 2. The standard InChI is InChI=1S/C18H14BrNO4/c19-14-8-6-13(7-9-14)16(21)12-24-18(23)11-10-17(22)20-15-4-2-1-3-5-15/h1-11H,12H2,(H,20,22)/b11-10+. The molecule has 24 heavy (non-hydrogen) atoms. The minimum atomic E-state index is -0.760. The number of halogens is 1. The number of amides is 1. The molecule has 0 aliphatic rings. The maximum absolute atomic E-state index is 11.8. The zero-order valence-electron chi connectivity index (χ0n) is 12.6. The number of carbonyl (C=O) groups excluding carboxylic acids is 3. The van der Waals surface area contributed by atoms with E-state index in [2.05, 4.69) is 21.2 Å². The normalized spacial score (nSPS) is 10.4. The highest BCUT2D eigenvalue weighted by atomic mass is 79.9. The molecule has 2 aromatic rings. The van der Waals surface area contributed by atoms with Crippen LogP contribution in [0.25, 0.3) is 0 Å². The number of nitrogens with one attached hydrogen (secondary N) is 1. The Morgan fingerprint density at radius 3 is 2.29 bits per heavy atom. The summed E-state index contributed by atoms with van der Waals surface area (Å²) in [7, 11) is 0. The summed E-state index contributed by atoms with van der Waals surface area (Å²) in [6.45, 7) is -0.384. The molecule has 2 aromatic carbocycles. The van der Waals surface area contributed by atoms with Gasteiger partial charge in [-0.15, -0.1) is 0 Å². The van der Waals surface area contributed by atoms with Crippen molar-refractivity contribution in [2.45, 2.75) is 0 Å². The lowest BCUT2D eigenvalue weighted by molar-refractivity contribution is -0.136. The summed E-state index contributed by atoms with van der Waals surface area (Å²) in [5.74, 6) is -1.54. The first kappa shape index (κ1) is 17.6. The molecule has 0 saturated heterocycles. The van der Waals surface area contributed by atoms with E-state index in [0.717, 1.165) is 16.6 Å². The van der Waals surface area contributed by atoms with E-state index in [1.165, 1.54) is 0 Å². The topological polar surface area (TPSA) is 72.5 Å². The monoisotopic (exact) mass is 387 g/mol. The third-order valence-electron chi connectivity index (χ3n) is 2.92. The summed E-state index contributed by atoms with van der Waals surface area (Å²) in [6.07, 6.45) is 2.03. The van der Waals surface area contributed by atoms with Gasteiger partial charge in [-0.1, -0.05) is 46.3 Å². The molecule has 0 saturated carbocycles. The van der Waals surface area contributed by atoms with Crippen LogP contribution in [0.3, 0.4) is 0 Å². The number of hydrogen-bond donors (Lipinski definition) is 1. The van der Waals surface area contributed by atoms with E-state index in [4.69, 9.17) is 4.74 Å². The maximum atomic E-state index is 11.8. The predicted molar refractivity (Wildman–Crippen MR) is 93.6 cm³/mol. The summed E-state index contributed by atoms with van der Waals surface area (Å²) >= 11 is 3.27. The van der Waals surface area contributed by atoms with Gasteiger partial charge in [-0.25, -0.2) is 4.79 Å². The summed E-state index contributed by atoms with van der Waals surface area (Å²) in [4.78, 5) is 35.0. The van der Waals surface area contributed by atoms with E-state index in [-0.39, 0.29) is 12.4 Å². The average Bonchev–Trinajstić information content (AvgIpc) is 2.59. The second kappa shape index (κ2) is 8.79. The Labute approximate surface area is 147 Å². The van der Waals surface area contributed by atoms with Crippen molar-refractivity contribution in [2.75, 3.05) is 11.9 Å². The van der Waals surface area contributed by atoms with Crippen molar-refractivity contribution in [3.05, 3.63) is 76.8 Å². The van der Waals surface area contributed by atoms with Crippen LogP contribution >= 0.6 is 15.9 Å². The number of rotatable bonds is 6. The lowest BCUT2D eigenvalue weighted by atomic mass is 10.1. The fourth-order valence-corrected chi connectivity index (χ4v) is 2.02. The number of Topliss-reactive ketones (excluding diaryl/α,β-unsaturated/α-hetero) is 1. The summed E-state index contributed by atoms with van der Waals surface area (Å²) in [5, 5.41) is 2.59. The molecule has 1 amide bonds. The van der Waals surface area contributed by atoms with Gasteiger partial charge in [-0.05, 0) is 24.3 Å². The summed E-state index contributed by atoms with van der Waals surface area (Å²) < 4.78 is 5.67. The van der Waals surface area contributed by atoms with Crippen LogP contribution in [0.4, 0.5) is 5.69 Å². The van der Waals surface area contributed by atoms with Crippen molar-refractivity contribution in [3.63, 3.8) is 0 Å². The molecule has 0 radical (unpaired) electrons. The first-order chi connectivity index (χ1) is 11.5. The highest BCUT2D eigenvalue weighted by Crippen LogP contribution is 2.11. The van der Waals surface area contributed by atoms with Crippen LogP contribution in [0.2, 0.25) is 0 Å². The van der Waals surface area contributed by atoms with Gasteiger partial charge >= 0.3 is 5.97 Å². The van der Waals surface area contributed by atoms with Crippen LogP contribution in [0.15, 0.2) is 71.2 Å². The van der Waals surface area contributed by atoms with E-state index in [0.29, 0.717) is 11.3 Å². The number of hydrogen-bond acceptors (Lipinski definition) is 4. The van der Waals surface area contributed by atoms with Crippen molar-refractivity contribution >= 4 is 39.3 Å². The number of para-hydroxylation sites is 1. The average molecular weight is 388 g/mol. The molecule has 1 N–H and O–H groups in total. The van der Waals surface area contributed by atoms with Gasteiger partial charge in [0.05, 0.1) is 0 Å². The predicted octanol–water partition coefficient (Wildman–Crippen LogP) is 3.37.